The summed E-state index contributed by atoms with van der Waals surface area (Å²) in [7, 11) is 0. The lowest BCUT2D eigenvalue weighted by atomic mass is 10.5. The zero-order valence-corrected chi connectivity index (χ0v) is 8.88. The molecule has 0 bridgehead atoms. The number of nitrogens with two attached hydrogens (primary N) is 1. The zero-order valence-electron chi connectivity index (χ0n) is 8.06. The van der Waals surface area contributed by atoms with Gasteiger partial charge in [0.05, 0.1) is 24.2 Å². The first-order valence-corrected chi connectivity index (χ1v) is 5.65. The van der Waals surface area contributed by atoms with Crippen LogP contribution in [0.4, 0.5) is 5.69 Å². The minimum absolute atomic E-state index is 0.0534. The molecule has 1 rings (SSSR count). The Hall–Kier alpha value is -1.17. The molecule has 78 valence electrons. The van der Waals surface area contributed by atoms with Crippen LogP contribution >= 0.6 is 11.8 Å². The summed E-state index contributed by atoms with van der Waals surface area (Å²) < 4.78 is 1.70. The summed E-state index contributed by atoms with van der Waals surface area (Å²) in [5, 5.41) is 6.77. The molecule has 0 aliphatic heterocycles. The van der Waals surface area contributed by atoms with Crippen molar-refractivity contribution >= 4 is 23.4 Å². The lowest BCUT2D eigenvalue weighted by Crippen LogP contribution is -2.28. The van der Waals surface area contributed by atoms with Crippen molar-refractivity contribution in [2.75, 3.05) is 24.3 Å². The molecule has 1 aromatic heterocycles. The lowest BCUT2D eigenvalue weighted by Gasteiger charge is -2.03. The maximum Gasteiger partial charge on any atom is 0.230 e. The fraction of sp³-hybridized carbons (Fsp3) is 0.500. The highest BCUT2D eigenvalue weighted by molar-refractivity contribution is 7.99. The Morgan fingerprint density at radius 1 is 1.79 bits per heavy atom. The number of thioether (sulfide) groups is 1. The molecule has 0 aliphatic rings. The summed E-state index contributed by atoms with van der Waals surface area (Å²) >= 11 is 1.51. The van der Waals surface area contributed by atoms with Gasteiger partial charge in [-0.05, 0) is 6.26 Å². The molecule has 0 aliphatic carbocycles. The number of carbonyl (C=O) groups is 1. The molecule has 5 nitrogen and oxygen atoms in total. The molecule has 0 spiro atoms. The third-order valence-corrected chi connectivity index (χ3v) is 2.14. The Bertz CT molecular complexity index is 299. The van der Waals surface area contributed by atoms with Gasteiger partial charge in [0.2, 0.25) is 5.91 Å². The maximum atomic E-state index is 11.1. The first-order valence-electron chi connectivity index (χ1n) is 4.26. The third kappa shape index (κ3) is 3.69. The van der Waals surface area contributed by atoms with Crippen molar-refractivity contribution < 1.29 is 4.79 Å². The van der Waals surface area contributed by atoms with Gasteiger partial charge in [-0.1, -0.05) is 0 Å². The predicted molar refractivity (Wildman–Crippen MR) is 58.0 cm³/mol. The molecule has 0 saturated carbocycles. The van der Waals surface area contributed by atoms with Gasteiger partial charge in [0.25, 0.3) is 0 Å². The summed E-state index contributed by atoms with van der Waals surface area (Å²) in [4.78, 5) is 11.1. The summed E-state index contributed by atoms with van der Waals surface area (Å²) in [6.07, 6.45) is 5.22. The van der Waals surface area contributed by atoms with E-state index in [2.05, 4.69) is 10.4 Å². The van der Waals surface area contributed by atoms with E-state index in [1.54, 1.807) is 17.1 Å². The first kappa shape index (κ1) is 10.9. The van der Waals surface area contributed by atoms with Crippen LogP contribution < -0.4 is 11.1 Å². The Labute approximate surface area is 87.0 Å². The second-order valence-electron chi connectivity index (χ2n) is 2.82. The maximum absolute atomic E-state index is 11.1. The van der Waals surface area contributed by atoms with Crippen molar-refractivity contribution in [2.24, 2.45) is 0 Å². The van der Waals surface area contributed by atoms with Gasteiger partial charge < -0.3 is 11.1 Å². The Balaban J connectivity index is 2.18. The quantitative estimate of drug-likeness (QED) is 0.720. The molecular formula is C8H14N4OS. The molecule has 0 fully saturated rings. The van der Waals surface area contributed by atoms with Gasteiger partial charge in [0, 0.05) is 12.7 Å². The Morgan fingerprint density at radius 2 is 2.57 bits per heavy atom. The lowest BCUT2D eigenvalue weighted by molar-refractivity contribution is -0.118. The van der Waals surface area contributed by atoms with E-state index in [0.717, 1.165) is 0 Å². The van der Waals surface area contributed by atoms with Crippen molar-refractivity contribution in [1.82, 2.24) is 15.1 Å². The fourth-order valence-electron chi connectivity index (χ4n) is 0.994. The number of hydrogen-bond acceptors (Lipinski definition) is 4. The second kappa shape index (κ2) is 5.54. The van der Waals surface area contributed by atoms with Crippen molar-refractivity contribution in [3.63, 3.8) is 0 Å². The van der Waals surface area contributed by atoms with Crippen molar-refractivity contribution in [3.8, 4) is 0 Å². The number of nitrogen functional groups attached to an aromatic ring is 1. The molecule has 1 heterocycles. The smallest absolute Gasteiger partial charge is 0.230 e. The number of nitrogens with one attached hydrogen (secondary N) is 1. The van der Waals surface area contributed by atoms with Crippen LogP contribution in [-0.2, 0) is 11.3 Å². The molecule has 14 heavy (non-hydrogen) atoms. The molecule has 1 amide bonds. The van der Waals surface area contributed by atoms with Crippen LogP contribution in [0.1, 0.15) is 0 Å². The fourth-order valence-corrected chi connectivity index (χ4v) is 1.36. The van der Waals surface area contributed by atoms with E-state index in [-0.39, 0.29) is 5.91 Å². The molecule has 6 heteroatoms. The highest BCUT2D eigenvalue weighted by Gasteiger charge is 1.98. The molecule has 3 N–H and O–H groups in total. The van der Waals surface area contributed by atoms with Crippen LogP contribution in [0.15, 0.2) is 12.4 Å². The van der Waals surface area contributed by atoms with E-state index in [4.69, 9.17) is 5.73 Å². The van der Waals surface area contributed by atoms with Gasteiger partial charge in [0.15, 0.2) is 0 Å². The van der Waals surface area contributed by atoms with Crippen molar-refractivity contribution in [1.29, 1.82) is 0 Å². The van der Waals surface area contributed by atoms with E-state index >= 15 is 0 Å². The van der Waals surface area contributed by atoms with Crippen LogP contribution in [0, 0.1) is 0 Å². The number of hydrogen-bond donors (Lipinski definition) is 2. The highest BCUT2D eigenvalue weighted by Crippen LogP contribution is 1.96. The van der Waals surface area contributed by atoms with Crippen LogP contribution in [0.2, 0.25) is 0 Å². The third-order valence-electron chi connectivity index (χ3n) is 1.59. The van der Waals surface area contributed by atoms with E-state index < -0.39 is 0 Å². The Morgan fingerprint density at radius 3 is 3.14 bits per heavy atom. The number of carbonyl (C=O) groups excluding carboxylic acids is 1. The summed E-state index contributed by atoms with van der Waals surface area (Å²) in [5.74, 6) is 0.555. The molecule has 0 atom stereocenters. The zero-order chi connectivity index (χ0) is 10.4. The van der Waals surface area contributed by atoms with Crippen molar-refractivity contribution in [3.05, 3.63) is 12.4 Å². The van der Waals surface area contributed by atoms with E-state index in [0.29, 0.717) is 24.5 Å². The summed E-state index contributed by atoms with van der Waals surface area (Å²) in [6.45, 7) is 1.23. The highest BCUT2D eigenvalue weighted by atomic mass is 32.2. The summed E-state index contributed by atoms with van der Waals surface area (Å²) in [6, 6.07) is 0. The monoisotopic (exact) mass is 214 g/mol. The topological polar surface area (TPSA) is 72.9 Å². The Kier molecular flexibility index (Phi) is 4.31. The normalized spacial score (nSPS) is 10.1. The molecule has 1 aromatic rings. The SMILES string of the molecule is CSCC(=O)NCCn1cc(N)cn1. The first-order chi connectivity index (χ1) is 6.72. The predicted octanol–water partition coefficient (Wildman–Crippen LogP) is -0.0555. The average molecular weight is 214 g/mol. The van der Waals surface area contributed by atoms with Gasteiger partial charge >= 0.3 is 0 Å². The number of aromatic nitrogens is 2. The largest absolute Gasteiger partial charge is 0.396 e. The number of nitrogens with zero attached hydrogens (tertiary/aromatic N) is 2. The second-order valence-corrected chi connectivity index (χ2v) is 3.69. The van der Waals surface area contributed by atoms with Gasteiger partial charge in [-0.15, -0.1) is 0 Å². The van der Waals surface area contributed by atoms with Gasteiger partial charge in [-0.25, -0.2) is 0 Å². The van der Waals surface area contributed by atoms with Crippen LogP contribution in [0.3, 0.4) is 0 Å². The van der Waals surface area contributed by atoms with E-state index in [9.17, 15) is 4.79 Å². The molecule has 0 saturated heterocycles. The summed E-state index contributed by atoms with van der Waals surface area (Å²) in [5.41, 5.74) is 6.12. The van der Waals surface area contributed by atoms with E-state index in [1.165, 1.54) is 11.8 Å². The van der Waals surface area contributed by atoms with Crippen LogP contribution in [-0.4, -0.2) is 34.2 Å². The average Bonchev–Trinajstić information content (AvgIpc) is 2.52. The molecular weight excluding hydrogens is 200 g/mol. The number of anilines is 1. The molecule has 0 aromatic carbocycles. The minimum Gasteiger partial charge on any atom is -0.396 e. The van der Waals surface area contributed by atoms with Gasteiger partial charge in [-0.3, -0.25) is 9.48 Å². The standard InChI is InChI=1S/C8H14N4OS/c1-14-6-8(13)10-2-3-12-5-7(9)4-11-12/h4-5H,2-3,6,9H2,1H3,(H,10,13). The molecule has 0 radical (unpaired) electrons. The van der Waals surface area contributed by atoms with Crippen molar-refractivity contribution in [2.45, 2.75) is 6.54 Å². The minimum atomic E-state index is 0.0534. The van der Waals surface area contributed by atoms with E-state index in [1.807, 2.05) is 6.26 Å². The number of amides is 1. The number of rotatable bonds is 5. The van der Waals surface area contributed by atoms with Crippen LogP contribution in [0.5, 0.6) is 0 Å². The van der Waals surface area contributed by atoms with Gasteiger partial charge in [-0.2, -0.15) is 16.9 Å². The van der Waals surface area contributed by atoms with Gasteiger partial charge in [0.1, 0.15) is 0 Å². The molecule has 0 unspecified atom stereocenters. The van der Waals surface area contributed by atoms with Crippen LogP contribution in [0.25, 0.3) is 0 Å².